The molecule has 0 aromatic carbocycles. The molecule has 6 aromatic heterocycles. The van der Waals surface area contributed by atoms with Crippen molar-refractivity contribution >= 4 is 33.5 Å². The van der Waals surface area contributed by atoms with Crippen molar-refractivity contribution in [2.45, 2.75) is 25.7 Å². The third-order valence-electron chi connectivity index (χ3n) is 7.23. The molecule has 38 heavy (non-hydrogen) atoms. The topological polar surface area (TPSA) is 125 Å². The van der Waals surface area contributed by atoms with Crippen LogP contribution in [0.1, 0.15) is 25.7 Å². The Morgan fingerprint density at radius 2 is 1.71 bits per heavy atom. The van der Waals surface area contributed by atoms with Gasteiger partial charge in [-0.3, -0.25) is 24.8 Å². The van der Waals surface area contributed by atoms with Crippen molar-refractivity contribution in [2.24, 2.45) is 5.92 Å². The van der Waals surface area contributed by atoms with Crippen molar-refractivity contribution in [2.75, 3.05) is 5.32 Å². The Bertz CT molecular complexity index is 1780. The van der Waals surface area contributed by atoms with Gasteiger partial charge in [0.05, 0.1) is 40.5 Å². The van der Waals surface area contributed by atoms with Gasteiger partial charge in [-0.1, -0.05) is 12.8 Å². The number of amides is 1. The molecular formula is C29H24N8O. The highest BCUT2D eigenvalue weighted by molar-refractivity contribution is 6.00. The lowest BCUT2D eigenvalue weighted by Gasteiger charge is -2.11. The van der Waals surface area contributed by atoms with E-state index >= 15 is 0 Å². The molecule has 0 bridgehead atoms. The molecule has 1 aliphatic rings. The Hall–Kier alpha value is -4.92. The predicted octanol–water partition coefficient (Wildman–Crippen LogP) is 5.75. The van der Waals surface area contributed by atoms with Gasteiger partial charge in [0.25, 0.3) is 0 Å². The average molecular weight is 501 g/mol. The molecule has 0 spiro atoms. The highest BCUT2D eigenvalue weighted by atomic mass is 16.1. The van der Waals surface area contributed by atoms with Gasteiger partial charge in [-0.25, -0.2) is 4.98 Å². The summed E-state index contributed by atoms with van der Waals surface area (Å²) in [6.45, 7) is 0. The van der Waals surface area contributed by atoms with Crippen LogP contribution in [0.2, 0.25) is 0 Å². The van der Waals surface area contributed by atoms with E-state index in [0.29, 0.717) is 5.69 Å². The summed E-state index contributed by atoms with van der Waals surface area (Å²) >= 11 is 0. The van der Waals surface area contributed by atoms with Crippen LogP contribution in [-0.4, -0.2) is 41.0 Å². The standard InChI is InChI=1S/C29H24N8O/c38-29(18-3-1-2-4-18)33-20-11-19(13-31-14-20)23-5-6-24-27(35-23)28(37-36-24)25-12-21-22(15-32-16-26(21)34-25)17-7-9-30-10-8-17/h5-16,18,34H,1-4H2,(H,33,38)(H,36,37). The van der Waals surface area contributed by atoms with E-state index in [1.54, 1.807) is 24.8 Å². The van der Waals surface area contributed by atoms with Crippen LogP contribution in [0.5, 0.6) is 0 Å². The molecule has 186 valence electrons. The van der Waals surface area contributed by atoms with Crippen molar-refractivity contribution in [1.82, 2.24) is 35.1 Å². The van der Waals surface area contributed by atoms with Gasteiger partial charge in [0.15, 0.2) is 0 Å². The minimum absolute atomic E-state index is 0.0708. The molecule has 6 heterocycles. The highest BCUT2D eigenvalue weighted by Gasteiger charge is 2.23. The van der Waals surface area contributed by atoms with Gasteiger partial charge in [0.1, 0.15) is 11.2 Å². The van der Waals surface area contributed by atoms with E-state index in [-0.39, 0.29) is 11.8 Å². The quantitative estimate of drug-likeness (QED) is 0.277. The van der Waals surface area contributed by atoms with E-state index in [4.69, 9.17) is 4.98 Å². The first kappa shape index (κ1) is 22.3. The molecule has 0 unspecified atom stereocenters. The maximum absolute atomic E-state index is 12.6. The lowest BCUT2D eigenvalue weighted by atomic mass is 10.1. The number of anilines is 1. The predicted molar refractivity (Wildman–Crippen MR) is 146 cm³/mol. The molecule has 7 rings (SSSR count). The Morgan fingerprint density at radius 3 is 2.58 bits per heavy atom. The molecule has 1 amide bonds. The van der Waals surface area contributed by atoms with Crippen LogP contribution >= 0.6 is 0 Å². The van der Waals surface area contributed by atoms with Crippen LogP contribution < -0.4 is 5.32 Å². The molecule has 3 N–H and O–H groups in total. The first-order valence-corrected chi connectivity index (χ1v) is 12.7. The zero-order chi connectivity index (χ0) is 25.5. The van der Waals surface area contributed by atoms with Gasteiger partial charge in [-0.2, -0.15) is 5.10 Å². The first-order valence-electron chi connectivity index (χ1n) is 12.7. The number of fused-ring (bicyclic) bond motifs is 2. The van der Waals surface area contributed by atoms with Crippen LogP contribution in [0.4, 0.5) is 5.69 Å². The van der Waals surface area contributed by atoms with Crippen LogP contribution in [-0.2, 0) is 4.79 Å². The van der Waals surface area contributed by atoms with Crippen molar-refractivity contribution in [3.8, 4) is 33.8 Å². The van der Waals surface area contributed by atoms with Gasteiger partial charge in [-0.05, 0) is 54.8 Å². The molecule has 0 saturated heterocycles. The van der Waals surface area contributed by atoms with E-state index in [1.165, 1.54) is 0 Å². The lowest BCUT2D eigenvalue weighted by molar-refractivity contribution is -0.119. The summed E-state index contributed by atoms with van der Waals surface area (Å²) in [6, 6.07) is 11.8. The summed E-state index contributed by atoms with van der Waals surface area (Å²) in [5.41, 5.74) is 8.36. The maximum atomic E-state index is 12.6. The van der Waals surface area contributed by atoms with Crippen LogP contribution in [0.3, 0.4) is 0 Å². The summed E-state index contributed by atoms with van der Waals surface area (Å²) in [5, 5.41) is 11.8. The maximum Gasteiger partial charge on any atom is 0.227 e. The molecule has 6 aromatic rings. The molecule has 9 heteroatoms. The fourth-order valence-corrected chi connectivity index (χ4v) is 5.27. The van der Waals surface area contributed by atoms with E-state index in [0.717, 1.165) is 81.4 Å². The van der Waals surface area contributed by atoms with Gasteiger partial charge in [-0.15, -0.1) is 0 Å². The largest absolute Gasteiger partial charge is 0.352 e. The monoisotopic (exact) mass is 500 g/mol. The summed E-state index contributed by atoms with van der Waals surface area (Å²) in [6.07, 6.45) is 14.8. The number of nitrogens with zero attached hydrogens (tertiary/aromatic N) is 5. The minimum atomic E-state index is 0.0708. The Kier molecular flexibility index (Phi) is 5.39. The number of rotatable bonds is 5. The van der Waals surface area contributed by atoms with Crippen molar-refractivity contribution < 1.29 is 4.79 Å². The second kappa shape index (κ2) is 9.19. The second-order valence-corrected chi connectivity index (χ2v) is 9.66. The van der Waals surface area contributed by atoms with Crippen LogP contribution in [0.25, 0.3) is 55.7 Å². The SMILES string of the molecule is O=C(Nc1cncc(-c2ccc3[nH]nc(-c4cc5c(-c6ccncc6)cncc5[nH]4)c3n2)c1)C1CCCC1. The zero-order valence-corrected chi connectivity index (χ0v) is 20.5. The van der Waals surface area contributed by atoms with E-state index in [9.17, 15) is 4.79 Å². The molecule has 0 atom stereocenters. The number of nitrogens with one attached hydrogen (secondary N) is 3. The van der Waals surface area contributed by atoms with Gasteiger partial charge >= 0.3 is 0 Å². The first-order chi connectivity index (χ1) is 18.7. The smallest absolute Gasteiger partial charge is 0.227 e. The van der Waals surface area contributed by atoms with Gasteiger partial charge in [0.2, 0.25) is 5.91 Å². The van der Waals surface area contributed by atoms with Crippen molar-refractivity contribution in [3.63, 3.8) is 0 Å². The third kappa shape index (κ3) is 3.98. The van der Waals surface area contributed by atoms with Crippen LogP contribution in [0.15, 0.2) is 73.6 Å². The molecule has 1 aliphatic carbocycles. The van der Waals surface area contributed by atoms with Gasteiger partial charge in [0, 0.05) is 47.2 Å². The number of hydrogen-bond donors (Lipinski definition) is 3. The van der Waals surface area contributed by atoms with Crippen molar-refractivity contribution in [1.29, 1.82) is 0 Å². The molecule has 0 aliphatic heterocycles. The molecule has 0 radical (unpaired) electrons. The van der Waals surface area contributed by atoms with Crippen LogP contribution in [0, 0.1) is 5.92 Å². The molecule has 1 fully saturated rings. The summed E-state index contributed by atoms with van der Waals surface area (Å²) in [4.78, 5) is 33.9. The zero-order valence-electron chi connectivity index (χ0n) is 20.5. The number of carbonyl (C=O) groups is 1. The van der Waals surface area contributed by atoms with E-state index < -0.39 is 0 Å². The minimum Gasteiger partial charge on any atom is -0.352 e. The Labute approximate surface area is 217 Å². The number of hydrogen-bond acceptors (Lipinski definition) is 6. The fraction of sp³-hybridized carbons (Fsp3) is 0.172. The number of carbonyl (C=O) groups excluding carboxylic acids is 1. The van der Waals surface area contributed by atoms with Gasteiger partial charge < -0.3 is 10.3 Å². The molecule has 1 saturated carbocycles. The van der Waals surface area contributed by atoms with E-state index in [1.807, 2.05) is 42.7 Å². The second-order valence-electron chi connectivity index (χ2n) is 9.66. The molecular weight excluding hydrogens is 476 g/mol. The summed E-state index contributed by atoms with van der Waals surface area (Å²) in [5.74, 6) is 0.161. The number of H-pyrrole nitrogens is 2. The Balaban J connectivity index is 1.25. The Morgan fingerprint density at radius 1 is 0.868 bits per heavy atom. The average Bonchev–Trinajstić information content (AvgIpc) is 3.73. The number of aromatic nitrogens is 7. The number of pyridine rings is 4. The number of aromatic amines is 2. The summed E-state index contributed by atoms with van der Waals surface area (Å²) in [7, 11) is 0. The lowest BCUT2D eigenvalue weighted by Crippen LogP contribution is -2.20. The molecule has 9 nitrogen and oxygen atoms in total. The normalized spacial score (nSPS) is 13.9. The summed E-state index contributed by atoms with van der Waals surface area (Å²) < 4.78 is 0. The highest BCUT2D eigenvalue weighted by Crippen LogP contribution is 2.34. The fourth-order valence-electron chi connectivity index (χ4n) is 5.27. The van der Waals surface area contributed by atoms with Crippen molar-refractivity contribution in [3.05, 3.63) is 73.6 Å². The van der Waals surface area contributed by atoms with E-state index in [2.05, 4.69) is 41.5 Å². The third-order valence-corrected chi connectivity index (χ3v) is 7.23.